The van der Waals surface area contributed by atoms with E-state index in [0.29, 0.717) is 11.1 Å². The van der Waals surface area contributed by atoms with Gasteiger partial charge in [0.15, 0.2) is 11.4 Å². The highest BCUT2D eigenvalue weighted by atomic mass is 35.5. The zero-order valence-electron chi connectivity index (χ0n) is 10.7. The highest BCUT2D eigenvalue weighted by molar-refractivity contribution is 6.31. The lowest BCUT2D eigenvalue weighted by molar-refractivity contribution is 0.0992. The number of H-pyrrole nitrogens is 1. The molecule has 0 radical (unpaired) electrons. The number of ketones is 1. The molecule has 0 aliphatic rings. The van der Waals surface area contributed by atoms with Crippen LogP contribution in [0, 0.1) is 5.82 Å². The van der Waals surface area contributed by atoms with Gasteiger partial charge in [0.25, 0.3) is 0 Å². The van der Waals surface area contributed by atoms with Crippen LogP contribution in [0.15, 0.2) is 45.6 Å². The Kier molecular flexibility index (Phi) is 3.35. The quantitative estimate of drug-likeness (QED) is 0.755. The Morgan fingerprint density at radius 1 is 1.29 bits per heavy atom. The Bertz CT molecular complexity index is 877. The van der Waals surface area contributed by atoms with Crippen LogP contribution in [0.3, 0.4) is 0 Å². The lowest BCUT2D eigenvalue weighted by Crippen LogP contribution is -2.05. The van der Waals surface area contributed by atoms with Crippen molar-refractivity contribution in [2.45, 2.75) is 6.42 Å². The number of benzene rings is 2. The van der Waals surface area contributed by atoms with Crippen LogP contribution < -0.4 is 5.76 Å². The number of carbonyl (C=O) groups is 1. The maximum Gasteiger partial charge on any atom is 0.417 e. The van der Waals surface area contributed by atoms with Crippen molar-refractivity contribution in [1.82, 2.24) is 4.98 Å². The molecule has 1 N–H and O–H groups in total. The van der Waals surface area contributed by atoms with E-state index in [1.54, 1.807) is 12.1 Å². The van der Waals surface area contributed by atoms with Crippen molar-refractivity contribution in [1.29, 1.82) is 0 Å². The second-order valence-corrected chi connectivity index (χ2v) is 4.93. The summed E-state index contributed by atoms with van der Waals surface area (Å²) in [5.74, 6) is -1.43. The second-order valence-electron chi connectivity index (χ2n) is 4.53. The van der Waals surface area contributed by atoms with Crippen molar-refractivity contribution in [3.63, 3.8) is 0 Å². The Hall–Kier alpha value is -2.40. The van der Waals surface area contributed by atoms with Gasteiger partial charge < -0.3 is 4.42 Å². The average Bonchev–Trinajstić information content (AvgIpc) is 2.81. The predicted octanol–water partition coefficient (Wildman–Crippen LogP) is 3.34. The average molecular weight is 306 g/mol. The first-order valence-electron chi connectivity index (χ1n) is 6.13. The molecule has 0 bridgehead atoms. The smallest absolute Gasteiger partial charge is 0.408 e. The number of aromatic amines is 1. The fourth-order valence-corrected chi connectivity index (χ4v) is 2.31. The summed E-state index contributed by atoms with van der Waals surface area (Å²) in [4.78, 5) is 25.8. The van der Waals surface area contributed by atoms with Crippen molar-refractivity contribution in [2.24, 2.45) is 0 Å². The van der Waals surface area contributed by atoms with Crippen LogP contribution in [-0.4, -0.2) is 10.8 Å². The van der Waals surface area contributed by atoms with E-state index in [9.17, 15) is 14.0 Å². The molecule has 4 nitrogen and oxygen atoms in total. The van der Waals surface area contributed by atoms with E-state index in [0.717, 1.165) is 0 Å². The number of oxazole rings is 1. The van der Waals surface area contributed by atoms with Gasteiger partial charge in [-0.25, -0.2) is 9.18 Å². The number of aromatic nitrogens is 1. The minimum absolute atomic E-state index is 0.153. The van der Waals surface area contributed by atoms with E-state index in [-0.39, 0.29) is 28.4 Å². The van der Waals surface area contributed by atoms with Gasteiger partial charge in [-0.3, -0.25) is 9.78 Å². The molecule has 6 heteroatoms. The maximum absolute atomic E-state index is 13.7. The molecule has 106 valence electrons. The molecule has 0 saturated carbocycles. The van der Waals surface area contributed by atoms with Crippen molar-refractivity contribution in [3.05, 3.63) is 68.9 Å². The zero-order valence-corrected chi connectivity index (χ0v) is 11.4. The van der Waals surface area contributed by atoms with Gasteiger partial charge in [-0.1, -0.05) is 17.7 Å². The minimum atomic E-state index is -0.591. The van der Waals surface area contributed by atoms with E-state index in [2.05, 4.69) is 4.98 Å². The summed E-state index contributed by atoms with van der Waals surface area (Å²) in [6, 6.07) is 8.82. The molecule has 0 unspecified atom stereocenters. The second kappa shape index (κ2) is 5.18. The van der Waals surface area contributed by atoms with Crippen molar-refractivity contribution >= 4 is 28.5 Å². The molecule has 0 aliphatic heterocycles. The van der Waals surface area contributed by atoms with Crippen LogP contribution in [0.4, 0.5) is 4.39 Å². The van der Waals surface area contributed by atoms with Gasteiger partial charge >= 0.3 is 5.76 Å². The predicted molar refractivity (Wildman–Crippen MR) is 76.3 cm³/mol. The number of Topliss-reactive ketones (excluding diaryl/α,β-unsaturated/α-hetero) is 1. The van der Waals surface area contributed by atoms with E-state index in [1.165, 1.54) is 24.3 Å². The number of nitrogens with one attached hydrogen (secondary N) is 1. The highest BCUT2D eigenvalue weighted by Gasteiger charge is 2.14. The number of carbonyl (C=O) groups excluding carboxylic acids is 1. The van der Waals surface area contributed by atoms with Crippen LogP contribution in [0.5, 0.6) is 0 Å². The normalized spacial score (nSPS) is 11.0. The van der Waals surface area contributed by atoms with E-state index < -0.39 is 11.6 Å². The van der Waals surface area contributed by atoms with E-state index in [4.69, 9.17) is 16.0 Å². The lowest BCUT2D eigenvalue weighted by atomic mass is 10.0. The molecule has 0 fully saturated rings. The number of fused-ring (bicyclic) bond motifs is 1. The van der Waals surface area contributed by atoms with Gasteiger partial charge in [0.1, 0.15) is 5.82 Å². The Morgan fingerprint density at radius 2 is 2.10 bits per heavy atom. The molecule has 21 heavy (non-hydrogen) atoms. The molecule has 1 heterocycles. The molecular weight excluding hydrogens is 297 g/mol. The molecule has 0 spiro atoms. The van der Waals surface area contributed by atoms with Crippen molar-refractivity contribution < 1.29 is 13.6 Å². The molecule has 2 aromatic carbocycles. The molecule has 3 rings (SSSR count). The minimum Gasteiger partial charge on any atom is -0.408 e. The Labute approximate surface area is 123 Å². The highest BCUT2D eigenvalue weighted by Crippen LogP contribution is 2.22. The van der Waals surface area contributed by atoms with Gasteiger partial charge in [-0.2, -0.15) is 0 Å². The van der Waals surface area contributed by atoms with Gasteiger partial charge in [0, 0.05) is 22.6 Å². The summed E-state index contributed by atoms with van der Waals surface area (Å²) in [5.41, 5.74) is 1.26. The molecule has 0 aliphatic carbocycles. The summed E-state index contributed by atoms with van der Waals surface area (Å²) in [6.45, 7) is 0. The van der Waals surface area contributed by atoms with E-state index >= 15 is 0 Å². The number of halogens is 2. The van der Waals surface area contributed by atoms with Gasteiger partial charge in [0.05, 0.1) is 5.52 Å². The molecule has 3 aromatic rings. The van der Waals surface area contributed by atoms with Crippen LogP contribution in [0.25, 0.3) is 11.1 Å². The van der Waals surface area contributed by atoms with Crippen LogP contribution >= 0.6 is 11.6 Å². The molecular formula is C15H9ClFNO3. The standard InChI is InChI=1S/C15H9ClFNO3/c16-10-2-1-3-11(17)9(10)7-13(19)8-4-5-12-14(6-8)21-15(20)18-12/h1-6H,7H2,(H,18,20). The monoisotopic (exact) mass is 305 g/mol. The summed E-state index contributed by atoms with van der Waals surface area (Å²) in [7, 11) is 0. The molecule has 1 aromatic heterocycles. The number of hydrogen-bond donors (Lipinski definition) is 1. The number of hydrogen-bond acceptors (Lipinski definition) is 3. The SMILES string of the molecule is O=C(Cc1c(F)cccc1Cl)c1ccc2[nH]c(=O)oc2c1. The third-order valence-corrected chi connectivity index (χ3v) is 3.50. The maximum atomic E-state index is 13.7. The third kappa shape index (κ3) is 2.60. The topological polar surface area (TPSA) is 63.1 Å². The summed E-state index contributed by atoms with van der Waals surface area (Å²) < 4.78 is 18.6. The molecule has 0 saturated heterocycles. The van der Waals surface area contributed by atoms with Crippen LogP contribution in [-0.2, 0) is 6.42 Å². The largest absolute Gasteiger partial charge is 0.417 e. The van der Waals surface area contributed by atoms with E-state index in [1.807, 2.05) is 0 Å². The summed E-state index contributed by atoms with van der Waals surface area (Å²) >= 11 is 5.90. The Morgan fingerprint density at radius 3 is 2.86 bits per heavy atom. The van der Waals surface area contributed by atoms with Crippen molar-refractivity contribution in [2.75, 3.05) is 0 Å². The summed E-state index contributed by atoms with van der Waals surface area (Å²) in [5, 5.41) is 0.206. The number of rotatable bonds is 3. The van der Waals surface area contributed by atoms with Crippen LogP contribution in [0.2, 0.25) is 5.02 Å². The Balaban J connectivity index is 1.95. The first kappa shape index (κ1) is 13.6. The lowest BCUT2D eigenvalue weighted by Gasteiger charge is -2.05. The zero-order chi connectivity index (χ0) is 15.0. The first-order valence-corrected chi connectivity index (χ1v) is 6.51. The first-order chi connectivity index (χ1) is 10.0. The summed E-state index contributed by atoms with van der Waals surface area (Å²) in [6.07, 6.45) is -0.161. The van der Waals surface area contributed by atoms with Gasteiger partial charge in [-0.15, -0.1) is 0 Å². The fraction of sp³-hybridized carbons (Fsp3) is 0.0667. The third-order valence-electron chi connectivity index (χ3n) is 3.14. The van der Waals surface area contributed by atoms with Crippen molar-refractivity contribution in [3.8, 4) is 0 Å². The van der Waals surface area contributed by atoms with Gasteiger partial charge in [0.2, 0.25) is 0 Å². The molecule has 0 amide bonds. The van der Waals surface area contributed by atoms with Crippen LogP contribution in [0.1, 0.15) is 15.9 Å². The molecule has 0 atom stereocenters. The van der Waals surface area contributed by atoms with Gasteiger partial charge in [-0.05, 0) is 30.3 Å². The fourth-order valence-electron chi connectivity index (χ4n) is 2.08.